The SMILES string of the molecule is CC(=O)C(c1ccc(F)cc1)n1ccc(F)n1. The Morgan fingerprint density at radius 2 is 1.88 bits per heavy atom. The van der Waals surface area contributed by atoms with Crippen LogP contribution < -0.4 is 0 Å². The number of carbonyl (C=O) groups is 1. The highest BCUT2D eigenvalue weighted by Crippen LogP contribution is 2.19. The first-order valence-electron chi connectivity index (χ1n) is 5.04. The van der Waals surface area contributed by atoms with E-state index in [9.17, 15) is 13.6 Å². The minimum absolute atomic E-state index is 0.195. The maximum atomic E-state index is 12.8. The van der Waals surface area contributed by atoms with Gasteiger partial charge in [0, 0.05) is 12.3 Å². The van der Waals surface area contributed by atoms with E-state index in [-0.39, 0.29) is 11.6 Å². The molecule has 5 heteroatoms. The second kappa shape index (κ2) is 4.45. The highest BCUT2D eigenvalue weighted by Gasteiger charge is 2.19. The first-order valence-corrected chi connectivity index (χ1v) is 5.04. The van der Waals surface area contributed by atoms with Crippen molar-refractivity contribution in [1.29, 1.82) is 0 Å². The minimum atomic E-state index is -0.722. The normalized spacial score (nSPS) is 12.4. The molecule has 1 aromatic carbocycles. The Morgan fingerprint density at radius 1 is 1.24 bits per heavy atom. The zero-order valence-electron chi connectivity index (χ0n) is 9.10. The maximum absolute atomic E-state index is 12.8. The van der Waals surface area contributed by atoms with Crippen LogP contribution in [0.1, 0.15) is 18.5 Å². The molecule has 0 N–H and O–H groups in total. The number of carbonyl (C=O) groups excluding carboxylic acids is 1. The molecule has 2 aromatic rings. The Bertz CT molecular complexity index is 534. The van der Waals surface area contributed by atoms with Gasteiger partial charge in [-0.3, -0.25) is 9.48 Å². The van der Waals surface area contributed by atoms with Crippen LogP contribution >= 0.6 is 0 Å². The average molecular weight is 236 g/mol. The van der Waals surface area contributed by atoms with Crippen LogP contribution in [0.4, 0.5) is 8.78 Å². The van der Waals surface area contributed by atoms with E-state index in [4.69, 9.17) is 0 Å². The standard InChI is InChI=1S/C12H10F2N2O/c1-8(17)12(16-7-6-11(14)15-16)9-2-4-10(13)5-3-9/h2-7,12H,1H3. The number of hydrogen-bond acceptors (Lipinski definition) is 2. The summed E-state index contributed by atoms with van der Waals surface area (Å²) < 4.78 is 26.8. The van der Waals surface area contributed by atoms with Crippen LogP contribution in [0.25, 0.3) is 0 Å². The van der Waals surface area contributed by atoms with Gasteiger partial charge in [-0.15, -0.1) is 5.10 Å². The highest BCUT2D eigenvalue weighted by atomic mass is 19.1. The van der Waals surface area contributed by atoms with Crippen molar-refractivity contribution < 1.29 is 13.6 Å². The van der Waals surface area contributed by atoms with E-state index in [1.165, 1.54) is 48.1 Å². The zero-order valence-corrected chi connectivity index (χ0v) is 9.10. The summed E-state index contributed by atoms with van der Waals surface area (Å²) in [6.45, 7) is 1.38. The molecule has 1 unspecified atom stereocenters. The summed E-state index contributed by atoms with van der Waals surface area (Å²) in [6, 6.07) is 5.93. The lowest BCUT2D eigenvalue weighted by Crippen LogP contribution is -2.19. The molecule has 1 aromatic heterocycles. The molecule has 0 amide bonds. The van der Waals surface area contributed by atoms with Gasteiger partial charge < -0.3 is 0 Å². The third kappa shape index (κ3) is 2.38. The Kier molecular flexibility index (Phi) is 2.99. The quantitative estimate of drug-likeness (QED) is 0.819. The largest absolute Gasteiger partial charge is 0.297 e. The monoisotopic (exact) mass is 236 g/mol. The van der Waals surface area contributed by atoms with Crippen molar-refractivity contribution in [3.8, 4) is 0 Å². The lowest BCUT2D eigenvalue weighted by molar-refractivity contribution is -0.119. The number of benzene rings is 1. The third-order valence-corrected chi connectivity index (χ3v) is 2.41. The minimum Gasteiger partial charge on any atom is -0.297 e. The van der Waals surface area contributed by atoms with Crippen LogP contribution in [0.3, 0.4) is 0 Å². The number of ketones is 1. The van der Waals surface area contributed by atoms with Gasteiger partial charge in [-0.05, 0) is 24.6 Å². The molecule has 88 valence electrons. The van der Waals surface area contributed by atoms with E-state index < -0.39 is 12.0 Å². The van der Waals surface area contributed by atoms with Gasteiger partial charge in [0.25, 0.3) is 0 Å². The molecule has 3 nitrogen and oxygen atoms in total. The second-order valence-electron chi connectivity index (χ2n) is 3.68. The Labute approximate surface area is 96.7 Å². The van der Waals surface area contributed by atoms with Crippen LogP contribution in [-0.2, 0) is 4.79 Å². The molecular weight excluding hydrogens is 226 g/mol. The number of aromatic nitrogens is 2. The van der Waals surface area contributed by atoms with E-state index in [1.807, 2.05) is 0 Å². The Morgan fingerprint density at radius 3 is 2.35 bits per heavy atom. The van der Waals surface area contributed by atoms with Crippen LogP contribution in [0.5, 0.6) is 0 Å². The average Bonchev–Trinajstić information content (AvgIpc) is 2.68. The number of Topliss-reactive ketones (excluding diaryl/α,β-unsaturated/α-hetero) is 1. The van der Waals surface area contributed by atoms with Gasteiger partial charge in [-0.2, -0.15) is 4.39 Å². The fourth-order valence-electron chi connectivity index (χ4n) is 1.68. The summed E-state index contributed by atoms with van der Waals surface area (Å²) in [5.41, 5.74) is 0.571. The molecule has 0 saturated carbocycles. The fraction of sp³-hybridized carbons (Fsp3) is 0.167. The number of rotatable bonds is 3. The first-order chi connectivity index (χ1) is 8.08. The maximum Gasteiger partial charge on any atom is 0.232 e. The summed E-state index contributed by atoms with van der Waals surface area (Å²) in [6.07, 6.45) is 1.38. The Balaban J connectivity index is 2.42. The summed E-state index contributed by atoms with van der Waals surface area (Å²) >= 11 is 0. The lowest BCUT2D eigenvalue weighted by Gasteiger charge is -2.14. The van der Waals surface area contributed by atoms with Crippen molar-refractivity contribution in [1.82, 2.24) is 9.78 Å². The molecular formula is C12H10F2N2O. The molecule has 2 rings (SSSR count). The summed E-state index contributed by atoms with van der Waals surface area (Å²) in [4.78, 5) is 11.6. The van der Waals surface area contributed by atoms with E-state index >= 15 is 0 Å². The van der Waals surface area contributed by atoms with Crippen LogP contribution in [0.15, 0.2) is 36.5 Å². The van der Waals surface area contributed by atoms with Crippen molar-refractivity contribution in [2.45, 2.75) is 13.0 Å². The van der Waals surface area contributed by atoms with Crippen LogP contribution in [0, 0.1) is 11.8 Å². The molecule has 0 aliphatic rings. The van der Waals surface area contributed by atoms with Crippen molar-refractivity contribution in [2.75, 3.05) is 0 Å². The molecule has 0 aliphatic heterocycles. The van der Waals surface area contributed by atoms with Gasteiger partial charge in [0.15, 0.2) is 5.78 Å². The molecule has 0 saturated heterocycles. The van der Waals surface area contributed by atoms with Gasteiger partial charge in [0.05, 0.1) is 0 Å². The molecule has 1 atom stereocenters. The highest BCUT2D eigenvalue weighted by molar-refractivity contribution is 5.83. The van der Waals surface area contributed by atoms with Crippen molar-refractivity contribution in [3.63, 3.8) is 0 Å². The van der Waals surface area contributed by atoms with Gasteiger partial charge in [-0.25, -0.2) is 4.39 Å². The predicted molar refractivity (Wildman–Crippen MR) is 57.4 cm³/mol. The van der Waals surface area contributed by atoms with Gasteiger partial charge in [-0.1, -0.05) is 12.1 Å². The first kappa shape index (κ1) is 11.4. The smallest absolute Gasteiger partial charge is 0.232 e. The van der Waals surface area contributed by atoms with E-state index in [0.29, 0.717) is 5.56 Å². The number of hydrogen-bond donors (Lipinski definition) is 0. The fourth-order valence-corrected chi connectivity index (χ4v) is 1.68. The van der Waals surface area contributed by atoms with E-state index in [1.54, 1.807) is 0 Å². The number of halogens is 2. The van der Waals surface area contributed by atoms with E-state index in [0.717, 1.165) is 0 Å². The number of nitrogens with zero attached hydrogens (tertiary/aromatic N) is 2. The summed E-state index contributed by atoms with van der Waals surface area (Å²) in [5.74, 6) is -1.24. The topological polar surface area (TPSA) is 34.9 Å². The Hall–Kier alpha value is -2.04. The van der Waals surface area contributed by atoms with Crippen LogP contribution in [0.2, 0.25) is 0 Å². The summed E-state index contributed by atoms with van der Waals surface area (Å²) in [7, 11) is 0. The molecule has 0 bridgehead atoms. The molecule has 0 aliphatic carbocycles. The van der Waals surface area contributed by atoms with Gasteiger partial charge in [0.1, 0.15) is 11.9 Å². The van der Waals surface area contributed by atoms with Crippen molar-refractivity contribution >= 4 is 5.78 Å². The molecule has 17 heavy (non-hydrogen) atoms. The zero-order chi connectivity index (χ0) is 12.4. The third-order valence-electron chi connectivity index (χ3n) is 2.41. The molecule has 1 heterocycles. The van der Waals surface area contributed by atoms with Crippen molar-refractivity contribution in [2.24, 2.45) is 0 Å². The van der Waals surface area contributed by atoms with Crippen molar-refractivity contribution in [3.05, 3.63) is 53.9 Å². The predicted octanol–water partition coefficient (Wildman–Crippen LogP) is 2.34. The molecule has 0 radical (unpaired) electrons. The lowest BCUT2D eigenvalue weighted by atomic mass is 10.0. The second-order valence-corrected chi connectivity index (χ2v) is 3.68. The summed E-state index contributed by atoms with van der Waals surface area (Å²) in [5, 5.41) is 3.57. The van der Waals surface area contributed by atoms with Gasteiger partial charge in [0.2, 0.25) is 5.95 Å². The van der Waals surface area contributed by atoms with Crippen LogP contribution in [-0.4, -0.2) is 15.6 Å². The van der Waals surface area contributed by atoms with Gasteiger partial charge >= 0.3 is 0 Å². The van der Waals surface area contributed by atoms with E-state index in [2.05, 4.69) is 5.10 Å². The molecule has 0 fully saturated rings. The molecule has 0 spiro atoms.